The first-order chi connectivity index (χ1) is 10.3. The second-order valence-electron chi connectivity index (χ2n) is 5.05. The molecular formula is C18H21ClO2. The van der Waals surface area contributed by atoms with E-state index in [0.717, 1.165) is 42.2 Å². The molecule has 2 rings (SSSR count). The van der Waals surface area contributed by atoms with E-state index in [-0.39, 0.29) is 6.61 Å². The van der Waals surface area contributed by atoms with Crippen LogP contribution < -0.4 is 4.74 Å². The zero-order chi connectivity index (χ0) is 14.9. The van der Waals surface area contributed by atoms with Gasteiger partial charge >= 0.3 is 0 Å². The van der Waals surface area contributed by atoms with E-state index < -0.39 is 0 Å². The van der Waals surface area contributed by atoms with Crippen LogP contribution in [0.3, 0.4) is 0 Å². The quantitative estimate of drug-likeness (QED) is 0.738. The highest BCUT2D eigenvalue weighted by atomic mass is 35.5. The fraction of sp³-hybridized carbons (Fsp3) is 0.333. The molecule has 0 aliphatic rings. The number of unbranched alkanes of at least 4 members (excludes halogenated alkanes) is 1. The van der Waals surface area contributed by atoms with Crippen LogP contribution in [0.25, 0.3) is 0 Å². The standard InChI is InChI=1S/C18H21ClO2/c19-17-8-4-15(5-9-17)3-1-2-14-21-18-10-6-16(7-11-18)12-13-20/h4-11,20H,1-3,12-14H2. The summed E-state index contributed by atoms with van der Waals surface area (Å²) < 4.78 is 5.71. The maximum atomic E-state index is 8.86. The van der Waals surface area contributed by atoms with E-state index in [2.05, 4.69) is 12.1 Å². The predicted octanol–water partition coefficient (Wildman–Crippen LogP) is 4.28. The SMILES string of the molecule is OCCc1ccc(OCCCCc2ccc(Cl)cc2)cc1. The third kappa shape index (κ3) is 5.78. The van der Waals surface area contributed by atoms with Crippen molar-refractivity contribution >= 4 is 11.6 Å². The van der Waals surface area contributed by atoms with Crippen molar-refractivity contribution in [1.29, 1.82) is 0 Å². The minimum absolute atomic E-state index is 0.185. The van der Waals surface area contributed by atoms with E-state index in [4.69, 9.17) is 21.4 Å². The average molecular weight is 305 g/mol. The van der Waals surface area contributed by atoms with Gasteiger partial charge in [0.2, 0.25) is 0 Å². The molecule has 2 aromatic rings. The summed E-state index contributed by atoms with van der Waals surface area (Å²) in [6.45, 7) is 0.915. The van der Waals surface area contributed by atoms with Gasteiger partial charge in [-0.05, 0) is 61.1 Å². The molecule has 0 bridgehead atoms. The van der Waals surface area contributed by atoms with Crippen LogP contribution in [0.1, 0.15) is 24.0 Å². The Balaban J connectivity index is 1.64. The van der Waals surface area contributed by atoms with E-state index in [1.807, 2.05) is 36.4 Å². The van der Waals surface area contributed by atoms with Gasteiger partial charge in [-0.3, -0.25) is 0 Å². The lowest BCUT2D eigenvalue weighted by molar-refractivity contribution is 0.298. The van der Waals surface area contributed by atoms with Crippen molar-refractivity contribution in [3.8, 4) is 5.75 Å². The molecule has 0 saturated heterocycles. The Hall–Kier alpha value is -1.51. The van der Waals surface area contributed by atoms with Crippen molar-refractivity contribution in [3.63, 3.8) is 0 Å². The molecule has 0 aliphatic carbocycles. The second-order valence-corrected chi connectivity index (χ2v) is 5.49. The highest BCUT2D eigenvalue weighted by Gasteiger charge is 1.97. The summed E-state index contributed by atoms with van der Waals surface area (Å²) in [5, 5.41) is 9.64. The first-order valence-electron chi connectivity index (χ1n) is 7.35. The number of rotatable bonds is 8. The normalized spacial score (nSPS) is 10.6. The van der Waals surface area contributed by atoms with Gasteiger partial charge in [0.1, 0.15) is 5.75 Å². The van der Waals surface area contributed by atoms with Crippen molar-refractivity contribution in [3.05, 3.63) is 64.7 Å². The van der Waals surface area contributed by atoms with Gasteiger partial charge in [0, 0.05) is 11.6 Å². The number of aliphatic hydroxyl groups is 1. The lowest BCUT2D eigenvalue weighted by Crippen LogP contribution is -1.99. The molecule has 0 amide bonds. The van der Waals surface area contributed by atoms with Crippen molar-refractivity contribution < 1.29 is 9.84 Å². The molecule has 3 heteroatoms. The zero-order valence-electron chi connectivity index (χ0n) is 12.1. The Morgan fingerprint density at radius 3 is 2.10 bits per heavy atom. The fourth-order valence-electron chi connectivity index (χ4n) is 2.15. The summed E-state index contributed by atoms with van der Waals surface area (Å²) >= 11 is 5.86. The summed E-state index contributed by atoms with van der Waals surface area (Å²) in [5.41, 5.74) is 2.44. The van der Waals surface area contributed by atoms with E-state index in [0.29, 0.717) is 6.42 Å². The first kappa shape index (κ1) is 15.9. The van der Waals surface area contributed by atoms with E-state index in [1.54, 1.807) is 0 Å². The number of halogens is 1. The molecule has 0 aromatic heterocycles. The fourth-order valence-corrected chi connectivity index (χ4v) is 2.28. The molecule has 0 saturated carbocycles. The van der Waals surface area contributed by atoms with E-state index in [9.17, 15) is 0 Å². The van der Waals surface area contributed by atoms with Gasteiger partial charge in [0.15, 0.2) is 0 Å². The van der Waals surface area contributed by atoms with Crippen LogP contribution in [0.4, 0.5) is 0 Å². The number of aryl methyl sites for hydroxylation is 1. The number of hydrogen-bond acceptors (Lipinski definition) is 2. The van der Waals surface area contributed by atoms with Gasteiger partial charge < -0.3 is 9.84 Å². The molecule has 0 fully saturated rings. The van der Waals surface area contributed by atoms with Gasteiger partial charge in [0.25, 0.3) is 0 Å². The highest BCUT2D eigenvalue weighted by Crippen LogP contribution is 2.14. The van der Waals surface area contributed by atoms with Crippen LogP contribution in [0.5, 0.6) is 5.75 Å². The summed E-state index contributed by atoms with van der Waals surface area (Å²) in [7, 11) is 0. The number of benzene rings is 2. The van der Waals surface area contributed by atoms with Crippen molar-refractivity contribution in [2.75, 3.05) is 13.2 Å². The zero-order valence-corrected chi connectivity index (χ0v) is 12.9. The van der Waals surface area contributed by atoms with Crippen LogP contribution in [-0.4, -0.2) is 18.3 Å². The molecule has 0 radical (unpaired) electrons. The Labute approximate surface area is 131 Å². The Morgan fingerprint density at radius 1 is 0.810 bits per heavy atom. The minimum atomic E-state index is 0.185. The van der Waals surface area contributed by atoms with Crippen molar-refractivity contribution in [1.82, 2.24) is 0 Å². The van der Waals surface area contributed by atoms with Gasteiger partial charge in [-0.25, -0.2) is 0 Å². The summed E-state index contributed by atoms with van der Waals surface area (Å²) in [4.78, 5) is 0. The van der Waals surface area contributed by atoms with Gasteiger partial charge in [0.05, 0.1) is 6.61 Å². The largest absolute Gasteiger partial charge is 0.494 e. The Bertz CT molecular complexity index is 520. The Morgan fingerprint density at radius 2 is 1.43 bits per heavy atom. The molecule has 0 aliphatic heterocycles. The second kappa shape index (κ2) is 8.71. The monoisotopic (exact) mass is 304 g/mol. The molecule has 1 N–H and O–H groups in total. The van der Waals surface area contributed by atoms with Gasteiger partial charge in [-0.1, -0.05) is 35.9 Å². The van der Waals surface area contributed by atoms with Crippen LogP contribution >= 0.6 is 11.6 Å². The number of hydrogen-bond donors (Lipinski definition) is 1. The highest BCUT2D eigenvalue weighted by molar-refractivity contribution is 6.30. The lowest BCUT2D eigenvalue weighted by atomic mass is 10.1. The number of aliphatic hydroxyl groups excluding tert-OH is 1. The van der Waals surface area contributed by atoms with Crippen molar-refractivity contribution in [2.24, 2.45) is 0 Å². The summed E-state index contributed by atoms with van der Waals surface area (Å²) in [6, 6.07) is 15.9. The van der Waals surface area contributed by atoms with E-state index in [1.165, 1.54) is 5.56 Å². The summed E-state index contributed by atoms with van der Waals surface area (Å²) in [6.07, 6.45) is 3.88. The van der Waals surface area contributed by atoms with Crippen LogP contribution in [0, 0.1) is 0 Å². The average Bonchev–Trinajstić information content (AvgIpc) is 2.51. The van der Waals surface area contributed by atoms with Crippen LogP contribution in [0.15, 0.2) is 48.5 Å². The molecule has 0 spiro atoms. The predicted molar refractivity (Wildman–Crippen MR) is 87.1 cm³/mol. The molecule has 0 heterocycles. The molecule has 21 heavy (non-hydrogen) atoms. The molecule has 2 nitrogen and oxygen atoms in total. The third-order valence-electron chi connectivity index (χ3n) is 3.37. The third-order valence-corrected chi connectivity index (χ3v) is 3.62. The molecule has 0 atom stereocenters. The molecule has 112 valence electrons. The van der Waals surface area contributed by atoms with Crippen molar-refractivity contribution in [2.45, 2.75) is 25.7 Å². The maximum absolute atomic E-state index is 8.86. The first-order valence-corrected chi connectivity index (χ1v) is 7.73. The molecule has 0 unspecified atom stereocenters. The lowest BCUT2D eigenvalue weighted by Gasteiger charge is -2.07. The molecule has 2 aromatic carbocycles. The summed E-state index contributed by atoms with van der Waals surface area (Å²) in [5.74, 6) is 0.892. The van der Waals surface area contributed by atoms with E-state index >= 15 is 0 Å². The smallest absolute Gasteiger partial charge is 0.119 e. The van der Waals surface area contributed by atoms with Gasteiger partial charge in [-0.15, -0.1) is 0 Å². The van der Waals surface area contributed by atoms with Gasteiger partial charge in [-0.2, -0.15) is 0 Å². The number of ether oxygens (including phenoxy) is 1. The topological polar surface area (TPSA) is 29.5 Å². The Kier molecular flexibility index (Phi) is 6.58. The minimum Gasteiger partial charge on any atom is -0.494 e. The van der Waals surface area contributed by atoms with Crippen LogP contribution in [-0.2, 0) is 12.8 Å². The van der Waals surface area contributed by atoms with Crippen LogP contribution in [0.2, 0.25) is 5.02 Å². The maximum Gasteiger partial charge on any atom is 0.119 e. The molecular weight excluding hydrogens is 284 g/mol.